The number of nitrogens with zero attached hydrogens (tertiary/aromatic N) is 2. The molecule has 0 aliphatic rings. The van der Waals surface area contributed by atoms with E-state index in [-0.39, 0.29) is 17.5 Å². The maximum atomic E-state index is 12.5. The number of hydrogen-bond acceptors (Lipinski definition) is 3. The van der Waals surface area contributed by atoms with Crippen LogP contribution in [-0.2, 0) is 12.8 Å². The topological polar surface area (TPSA) is 45.9 Å². The highest BCUT2D eigenvalue weighted by Crippen LogP contribution is 2.33. The first-order valence-electron chi connectivity index (χ1n) is 5.75. The van der Waals surface area contributed by atoms with Gasteiger partial charge in [0.1, 0.15) is 11.6 Å². The third kappa shape index (κ3) is 3.86. The number of pyridine rings is 1. The lowest BCUT2D eigenvalue weighted by molar-refractivity contribution is -0.137. The molecule has 108 valence electrons. The predicted molar refractivity (Wildman–Crippen MR) is 69.7 cm³/mol. The van der Waals surface area contributed by atoms with Crippen LogP contribution in [0.15, 0.2) is 36.5 Å². The van der Waals surface area contributed by atoms with Crippen LogP contribution in [0.5, 0.6) is 5.88 Å². The van der Waals surface area contributed by atoms with Crippen LogP contribution in [0.2, 0.25) is 5.02 Å². The van der Waals surface area contributed by atoms with E-state index < -0.39 is 11.7 Å². The summed E-state index contributed by atoms with van der Waals surface area (Å²) in [5, 5.41) is 8.45. The number of alkyl halides is 3. The lowest BCUT2D eigenvalue weighted by atomic mass is 10.2. The fourth-order valence-electron chi connectivity index (χ4n) is 1.51. The highest BCUT2D eigenvalue weighted by molar-refractivity contribution is 6.31. The minimum Gasteiger partial charge on any atom is -0.472 e. The Morgan fingerprint density at radius 2 is 1.90 bits per heavy atom. The lowest BCUT2D eigenvalue weighted by Gasteiger charge is -2.10. The lowest BCUT2D eigenvalue weighted by Crippen LogP contribution is -2.06. The molecule has 1 heterocycles. The van der Waals surface area contributed by atoms with Crippen LogP contribution in [0.3, 0.4) is 0 Å². The molecule has 0 saturated heterocycles. The van der Waals surface area contributed by atoms with Crippen molar-refractivity contribution in [1.29, 1.82) is 5.26 Å². The first-order chi connectivity index (χ1) is 9.90. The number of ether oxygens (including phenoxy) is 1. The summed E-state index contributed by atoms with van der Waals surface area (Å²) < 4.78 is 42.6. The summed E-state index contributed by atoms with van der Waals surface area (Å²) in [4.78, 5) is 3.57. The summed E-state index contributed by atoms with van der Waals surface area (Å²) in [5.74, 6) is -0.0750. The molecule has 0 N–H and O–H groups in total. The summed E-state index contributed by atoms with van der Waals surface area (Å²) in [6, 6.07) is 9.32. The molecular weight excluding hydrogens is 305 g/mol. The fourth-order valence-corrected chi connectivity index (χ4v) is 1.73. The molecule has 0 atom stereocenters. The van der Waals surface area contributed by atoms with Gasteiger partial charge in [0, 0.05) is 6.20 Å². The third-order valence-corrected chi connectivity index (χ3v) is 2.86. The van der Waals surface area contributed by atoms with Crippen molar-refractivity contribution in [1.82, 2.24) is 4.98 Å². The first-order valence-corrected chi connectivity index (χ1v) is 6.12. The van der Waals surface area contributed by atoms with Gasteiger partial charge in [-0.15, -0.1) is 0 Å². The molecule has 0 spiro atoms. The zero-order chi connectivity index (χ0) is 15.5. The van der Waals surface area contributed by atoms with Crippen molar-refractivity contribution in [3.63, 3.8) is 0 Å². The van der Waals surface area contributed by atoms with E-state index in [4.69, 9.17) is 21.6 Å². The van der Waals surface area contributed by atoms with Gasteiger partial charge in [-0.25, -0.2) is 4.98 Å². The summed E-state index contributed by atoms with van der Waals surface area (Å²) in [6.07, 6.45) is -3.83. The van der Waals surface area contributed by atoms with E-state index in [1.165, 1.54) is 0 Å². The van der Waals surface area contributed by atoms with E-state index in [1.807, 2.05) is 6.07 Å². The van der Waals surface area contributed by atoms with E-state index in [0.717, 1.165) is 11.6 Å². The quantitative estimate of drug-likeness (QED) is 0.853. The molecule has 0 saturated carbocycles. The second-order valence-corrected chi connectivity index (χ2v) is 4.51. The molecule has 0 aliphatic heterocycles. The molecule has 0 unspecified atom stereocenters. The molecule has 0 radical (unpaired) electrons. The Kier molecular flexibility index (Phi) is 4.34. The van der Waals surface area contributed by atoms with E-state index in [1.54, 1.807) is 24.3 Å². The van der Waals surface area contributed by atoms with Crippen LogP contribution in [0.4, 0.5) is 13.2 Å². The molecular formula is C14H8ClF3N2O. The normalized spacial score (nSPS) is 11.0. The Bertz CT molecular complexity index is 678. The predicted octanol–water partition coefficient (Wildman–Crippen LogP) is 4.20. The summed E-state index contributed by atoms with van der Waals surface area (Å²) in [7, 11) is 0. The van der Waals surface area contributed by atoms with E-state index in [9.17, 15) is 13.2 Å². The number of halogens is 4. The Labute approximate surface area is 123 Å². The van der Waals surface area contributed by atoms with Gasteiger partial charge in [0.15, 0.2) is 0 Å². The molecule has 0 aliphatic carbocycles. The monoisotopic (exact) mass is 312 g/mol. The third-order valence-electron chi connectivity index (χ3n) is 2.59. The average molecular weight is 313 g/mol. The minimum atomic E-state index is -4.50. The van der Waals surface area contributed by atoms with E-state index in [0.29, 0.717) is 11.8 Å². The van der Waals surface area contributed by atoms with Crippen LogP contribution in [0.1, 0.15) is 16.7 Å². The Morgan fingerprint density at radius 1 is 1.24 bits per heavy atom. The van der Waals surface area contributed by atoms with Gasteiger partial charge in [0.25, 0.3) is 0 Å². The molecule has 1 aromatic heterocycles. The van der Waals surface area contributed by atoms with Gasteiger partial charge < -0.3 is 4.74 Å². The number of aromatic nitrogens is 1. The van der Waals surface area contributed by atoms with Gasteiger partial charge in [0.05, 0.1) is 17.2 Å². The van der Waals surface area contributed by atoms with E-state index >= 15 is 0 Å². The van der Waals surface area contributed by atoms with E-state index in [2.05, 4.69) is 4.98 Å². The van der Waals surface area contributed by atoms with Crippen LogP contribution >= 0.6 is 11.6 Å². The molecule has 2 aromatic rings. The maximum Gasteiger partial charge on any atom is 0.417 e. The van der Waals surface area contributed by atoms with Crippen molar-refractivity contribution in [2.24, 2.45) is 0 Å². The Balaban J connectivity index is 2.08. The standard InChI is InChI=1S/C14H8ClF3N2O/c15-12-5-11(14(16,17)18)7-20-13(12)21-8-10-3-1-9(6-19)2-4-10/h1-5,7H,8H2. The highest BCUT2D eigenvalue weighted by Gasteiger charge is 2.31. The van der Waals surface area contributed by atoms with Crippen LogP contribution in [0.25, 0.3) is 0 Å². The van der Waals surface area contributed by atoms with Crippen molar-refractivity contribution >= 4 is 11.6 Å². The van der Waals surface area contributed by atoms with Gasteiger partial charge in [-0.05, 0) is 23.8 Å². The van der Waals surface area contributed by atoms with Crippen molar-refractivity contribution in [2.75, 3.05) is 0 Å². The second-order valence-electron chi connectivity index (χ2n) is 4.11. The van der Waals surface area contributed by atoms with Crippen molar-refractivity contribution in [3.8, 4) is 11.9 Å². The molecule has 0 fully saturated rings. The number of rotatable bonds is 3. The molecule has 1 aromatic carbocycles. The van der Waals surface area contributed by atoms with Gasteiger partial charge in [-0.1, -0.05) is 23.7 Å². The second kappa shape index (κ2) is 6.02. The molecule has 21 heavy (non-hydrogen) atoms. The summed E-state index contributed by atoms with van der Waals surface area (Å²) in [5.41, 5.74) is 0.314. The minimum absolute atomic E-state index is 0.0750. The highest BCUT2D eigenvalue weighted by atomic mass is 35.5. The number of benzene rings is 1. The van der Waals surface area contributed by atoms with Crippen LogP contribution in [-0.4, -0.2) is 4.98 Å². The molecule has 3 nitrogen and oxygen atoms in total. The van der Waals surface area contributed by atoms with Crippen molar-refractivity contribution in [3.05, 3.63) is 58.2 Å². The Hall–Kier alpha value is -2.26. The summed E-state index contributed by atoms with van der Waals surface area (Å²) in [6.45, 7) is 0.0871. The van der Waals surface area contributed by atoms with Crippen LogP contribution < -0.4 is 4.74 Å². The molecule has 7 heteroatoms. The number of hydrogen-bond donors (Lipinski definition) is 0. The summed E-state index contributed by atoms with van der Waals surface area (Å²) >= 11 is 5.72. The zero-order valence-electron chi connectivity index (χ0n) is 10.5. The number of nitriles is 1. The Morgan fingerprint density at radius 3 is 2.43 bits per heavy atom. The van der Waals surface area contributed by atoms with Crippen LogP contribution in [0, 0.1) is 11.3 Å². The first kappa shape index (κ1) is 15.1. The van der Waals surface area contributed by atoms with Gasteiger partial charge in [-0.3, -0.25) is 0 Å². The zero-order valence-corrected chi connectivity index (χ0v) is 11.2. The fraction of sp³-hybridized carbons (Fsp3) is 0.143. The largest absolute Gasteiger partial charge is 0.472 e. The smallest absolute Gasteiger partial charge is 0.417 e. The molecule has 0 bridgehead atoms. The molecule has 0 amide bonds. The van der Waals surface area contributed by atoms with Gasteiger partial charge >= 0.3 is 6.18 Å². The molecule has 2 rings (SSSR count). The SMILES string of the molecule is N#Cc1ccc(COc2ncc(C(F)(F)F)cc2Cl)cc1. The van der Waals surface area contributed by atoms with Crippen molar-refractivity contribution in [2.45, 2.75) is 12.8 Å². The van der Waals surface area contributed by atoms with Gasteiger partial charge in [0.2, 0.25) is 5.88 Å². The van der Waals surface area contributed by atoms with Gasteiger partial charge in [-0.2, -0.15) is 18.4 Å². The van der Waals surface area contributed by atoms with Crippen molar-refractivity contribution < 1.29 is 17.9 Å². The maximum absolute atomic E-state index is 12.5. The average Bonchev–Trinajstić information content (AvgIpc) is 2.45.